The Labute approximate surface area is 130 Å². The second kappa shape index (κ2) is 6.03. The number of non-ortho nitro benzene ring substituents is 1. The Morgan fingerprint density at radius 1 is 1.40 bits per heavy atom. The van der Waals surface area contributed by atoms with Gasteiger partial charge in [0.25, 0.3) is 5.69 Å². The van der Waals surface area contributed by atoms with Crippen molar-refractivity contribution < 1.29 is 9.34 Å². The first-order valence-corrected chi connectivity index (χ1v) is 6.91. The zero-order valence-corrected chi connectivity index (χ0v) is 13.0. The fourth-order valence-electron chi connectivity index (χ4n) is 1.54. The van der Waals surface area contributed by atoms with Crippen molar-refractivity contribution in [3.8, 4) is 6.07 Å². The van der Waals surface area contributed by atoms with Crippen LogP contribution in [0.2, 0.25) is 0 Å². The average molecular weight is 398 g/mol. The molecule has 1 aromatic carbocycles. The lowest BCUT2D eigenvalue weighted by Crippen LogP contribution is -1.89. The highest BCUT2D eigenvalue weighted by Crippen LogP contribution is 2.29. The highest BCUT2D eigenvalue weighted by atomic mass is 79.9. The average Bonchev–Trinajstić information content (AvgIpc) is 2.75. The van der Waals surface area contributed by atoms with E-state index in [1.807, 2.05) is 6.07 Å². The first-order chi connectivity index (χ1) is 9.51. The van der Waals surface area contributed by atoms with Crippen LogP contribution < -0.4 is 0 Å². The number of hydrogen-bond acceptors (Lipinski definition) is 4. The number of furan rings is 1. The topological polar surface area (TPSA) is 80.1 Å². The molecule has 20 heavy (non-hydrogen) atoms. The molecule has 0 spiro atoms. The Balaban J connectivity index is 2.45. The normalized spacial score (nSPS) is 11.2. The molecule has 1 heterocycles. The molecule has 2 rings (SSSR count). The summed E-state index contributed by atoms with van der Waals surface area (Å²) in [4.78, 5) is 10.2. The number of nitro groups is 1. The second-order valence-corrected chi connectivity index (χ2v) is 5.32. The van der Waals surface area contributed by atoms with Gasteiger partial charge >= 0.3 is 0 Å². The van der Waals surface area contributed by atoms with Crippen LogP contribution in [0.4, 0.5) is 5.69 Å². The van der Waals surface area contributed by atoms with Crippen molar-refractivity contribution in [3.63, 3.8) is 0 Å². The zero-order chi connectivity index (χ0) is 14.7. The molecule has 0 amide bonds. The predicted molar refractivity (Wildman–Crippen MR) is 80.7 cm³/mol. The number of rotatable bonds is 3. The van der Waals surface area contributed by atoms with E-state index in [2.05, 4.69) is 31.9 Å². The Hall–Kier alpha value is -1.91. The number of halogens is 2. The minimum Gasteiger partial charge on any atom is -0.449 e. The first-order valence-electron chi connectivity index (χ1n) is 5.32. The molecule has 2 aromatic rings. The third-order valence-electron chi connectivity index (χ3n) is 2.44. The summed E-state index contributed by atoms with van der Waals surface area (Å²) < 4.78 is 6.59. The van der Waals surface area contributed by atoms with Gasteiger partial charge in [-0.1, -0.05) is 12.1 Å². The molecule has 0 fully saturated rings. The van der Waals surface area contributed by atoms with E-state index < -0.39 is 4.92 Å². The van der Waals surface area contributed by atoms with Gasteiger partial charge in [0.1, 0.15) is 5.76 Å². The van der Waals surface area contributed by atoms with Crippen molar-refractivity contribution in [2.24, 2.45) is 0 Å². The Morgan fingerprint density at radius 3 is 2.70 bits per heavy atom. The number of allylic oxidation sites excluding steroid dienone is 1. The largest absolute Gasteiger partial charge is 0.449 e. The smallest absolute Gasteiger partial charge is 0.270 e. The van der Waals surface area contributed by atoms with Gasteiger partial charge in [0, 0.05) is 12.1 Å². The third kappa shape index (κ3) is 3.15. The van der Waals surface area contributed by atoms with Gasteiger partial charge in [0.2, 0.25) is 0 Å². The van der Waals surface area contributed by atoms with Gasteiger partial charge in [-0.25, -0.2) is 0 Å². The van der Waals surface area contributed by atoms with Gasteiger partial charge < -0.3 is 4.42 Å². The standard InChI is InChI=1S/C13H6Br2N2O3/c14-12-6-11(20-13(12)15)5-9(7-16)8-2-1-3-10(4-8)17(18)19/h1-6H. The summed E-state index contributed by atoms with van der Waals surface area (Å²) in [6.07, 6.45) is 1.52. The minimum absolute atomic E-state index is 0.0644. The molecule has 7 heteroatoms. The maximum Gasteiger partial charge on any atom is 0.270 e. The molecule has 0 aliphatic carbocycles. The lowest BCUT2D eigenvalue weighted by molar-refractivity contribution is -0.384. The summed E-state index contributed by atoms with van der Waals surface area (Å²) in [5.74, 6) is 0.465. The molecule has 1 aromatic heterocycles. The SMILES string of the molecule is N#CC(=Cc1cc(Br)c(Br)o1)c1cccc([N+](=O)[O-])c1. The van der Waals surface area contributed by atoms with Crippen molar-refractivity contribution >= 4 is 49.2 Å². The van der Waals surface area contributed by atoms with Crippen LogP contribution >= 0.6 is 31.9 Å². The summed E-state index contributed by atoms with van der Waals surface area (Å²) >= 11 is 6.47. The maximum atomic E-state index is 10.7. The molecule has 100 valence electrons. The monoisotopic (exact) mass is 396 g/mol. The maximum absolute atomic E-state index is 10.7. The van der Waals surface area contributed by atoms with Gasteiger partial charge in [0.05, 0.1) is 21.0 Å². The van der Waals surface area contributed by atoms with Crippen LogP contribution in [0.25, 0.3) is 11.6 Å². The van der Waals surface area contributed by atoms with E-state index in [-0.39, 0.29) is 11.3 Å². The van der Waals surface area contributed by atoms with E-state index in [9.17, 15) is 15.4 Å². The minimum atomic E-state index is -0.501. The number of nitriles is 1. The van der Waals surface area contributed by atoms with Crippen LogP contribution in [0.3, 0.4) is 0 Å². The van der Waals surface area contributed by atoms with Crippen molar-refractivity contribution in [2.45, 2.75) is 0 Å². The van der Waals surface area contributed by atoms with Crippen LogP contribution in [-0.4, -0.2) is 4.92 Å². The molecule has 0 aliphatic heterocycles. The van der Waals surface area contributed by atoms with Gasteiger partial charge in [-0.2, -0.15) is 5.26 Å². The van der Waals surface area contributed by atoms with E-state index in [1.165, 1.54) is 24.3 Å². The van der Waals surface area contributed by atoms with Crippen molar-refractivity contribution in [1.82, 2.24) is 0 Å². The molecule has 0 aliphatic rings. The molecule has 0 atom stereocenters. The van der Waals surface area contributed by atoms with Crippen molar-refractivity contribution in [3.05, 3.63) is 60.9 Å². The second-order valence-electron chi connectivity index (χ2n) is 3.75. The van der Waals surface area contributed by atoms with Crippen molar-refractivity contribution in [1.29, 1.82) is 5.26 Å². The van der Waals surface area contributed by atoms with E-state index >= 15 is 0 Å². The highest BCUT2D eigenvalue weighted by Gasteiger charge is 2.10. The van der Waals surface area contributed by atoms with E-state index in [1.54, 1.807) is 12.1 Å². The molecule has 0 bridgehead atoms. The quantitative estimate of drug-likeness (QED) is 0.424. The summed E-state index contributed by atoms with van der Waals surface area (Å²) in [6.45, 7) is 0. The molecule has 0 N–H and O–H groups in total. The predicted octanol–water partition coefficient (Wildman–Crippen LogP) is 4.78. The number of nitrogens with zero attached hydrogens (tertiary/aromatic N) is 2. The van der Waals surface area contributed by atoms with Crippen LogP contribution in [0.1, 0.15) is 11.3 Å². The van der Waals surface area contributed by atoms with E-state index in [4.69, 9.17) is 4.42 Å². The summed E-state index contributed by atoms with van der Waals surface area (Å²) in [6, 6.07) is 9.59. The third-order valence-corrected chi connectivity index (χ3v) is 4.15. The molecule has 0 saturated heterocycles. The summed E-state index contributed by atoms with van der Waals surface area (Å²) in [7, 11) is 0. The van der Waals surface area contributed by atoms with E-state index in [0.29, 0.717) is 16.0 Å². The number of hydrogen-bond donors (Lipinski definition) is 0. The Morgan fingerprint density at radius 2 is 2.15 bits per heavy atom. The summed E-state index contributed by atoms with van der Waals surface area (Å²) in [5, 5.41) is 19.9. The van der Waals surface area contributed by atoms with Gasteiger partial charge in [0.15, 0.2) is 4.67 Å². The van der Waals surface area contributed by atoms with Crippen LogP contribution in [0.5, 0.6) is 0 Å². The molecule has 0 saturated carbocycles. The molecular formula is C13H6Br2N2O3. The van der Waals surface area contributed by atoms with Crippen LogP contribution in [0, 0.1) is 21.4 Å². The fraction of sp³-hybridized carbons (Fsp3) is 0. The van der Waals surface area contributed by atoms with Crippen LogP contribution in [-0.2, 0) is 0 Å². The Bertz CT molecular complexity index is 725. The zero-order valence-electron chi connectivity index (χ0n) is 9.84. The molecule has 0 radical (unpaired) electrons. The Kier molecular flexibility index (Phi) is 4.37. The first kappa shape index (κ1) is 14.5. The molecular weight excluding hydrogens is 392 g/mol. The lowest BCUT2D eigenvalue weighted by atomic mass is 10.1. The van der Waals surface area contributed by atoms with Gasteiger partial charge in [-0.3, -0.25) is 10.1 Å². The van der Waals surface area contributed by atoms with Crippen molar-refractivity contribution in [2.75, 3.05) is 0 Å². The van der Waals surface area contributed by atoms with Crippen LogP contribution in [0.15, 0.2) is 43.9 Å². The summed E-state index contributed by atoms with van der Waals surface area (Å²) in [5.41, 5.74) is 0.679. The number of nitro benzene ring substituents is 1. The van der Waals surface area contributed by atoms with Gasteiger partial charge in [-0.15, -0.1) is 0 Å². The van der Waals surface area contributed by atoms with Gasteiger partial charge in [-0.05, 0) is 49.6 Å². The lowest BCUT2D eigenvalue weighted by Gasteiger charge is -1.98. The number of benzene rings is 1. The molecule has 5 nitrogen and oxygen atoms in total. The molecule has 0 unspecified atom stereocenters. The fourth-order valence-corrected chi connectivity index (χ4v) is 2.15. The highest BCUT2D eigenvalue weighted by molar-refractivity contribution is 9.13. The van der Waals surface area contributed by atoms with E-state index in [0.717, 1.165) is 4.47 Å².